The zero-order chi connectivity index (χ0) is 9.64. The first-order valence-electron chi connectivity index (χ1n) is 4.25. The monoisotopic (exact) mass is 196 g/mol. The van der Waals surface area contributed by atoms with E-state index in [0.717, 1.165) is 5.01 Å². The van der Waals surface area contributed by atoms with Gasteiger partial charge in [0.25, 0.3) is 0 Å². The van der Waals surface area contributed by atoms with Gasteiger partial charge in [0.1, 0.15) is 5.01 Å². The maximum atomic E-state index is 11.2. The Labute approximate surface area is 81.2 Å². The fraction of sp³-hybridized carbons (Fsp3) is 0.556. The molecule has 1 saturated heterocycles. The van der Waals surface area contributed by atoms with Gasteiger partial charge in [-0.3, -0.25) is 4.79 Å². The molecule has 70 valence electrons. The number of β-lactam (4-membered cyclic amide) rings is 1. The van der Waals surface area contributed by atoms with Gasteiger partial charge in [0.05, 0.1) is 11.5 Å². The SMILES string of the molecule is Cc1cnc(C2NC(=O)C2(C)C)s1. The lowest BCUT2D eigenvalue weighted by atomic mass is 9.76. The zero-order valence-corrected chi connectivity index (χ0v) is 8.73. The van der Waals surface area contributed by atoms with Crippen molar-refractivity contribution in [1.82, 2.24) is 10.3 Å². The summed E-state index contributed by atoms with van der Waals surface area (Å²) in [5.74, 6) is 0.116. The standard InChI is InChI=1S/C9H12N2OS/c1-5-4-10-7(13-5)6-9(2,3)8(12)11-6/h4,6H,1-3H3,(H,11,12). The highest BCUT2D eigenvalue weighted by Crippen LogP contribution is 2.42. The first kappa shape index (κ1) is 8.69. The minimum Gasteiger partial charge on any atom is -0.345 e. The van der Waals surface area contributed by atoms with Crippen LogP contribution in [0.4, 0.5) is 0 Å². The number of carbonyl (C=O) groups excluding carboxylic acids is 1. The molecule has 1 amide bonds. The second-order valence-corrected chi connectivity index (χ2v) is 5.20. The molecule has 0 saturated carbocycles. The molecule has 4 heteroatoms. The minimum atomic E-state index is -0.287. The average Bonchev–Trinajstić information content (AvgIpc) is 2.47. The Balaban J connectivity index is 2.26. The largest absolute Gasteiger partial charge is 0.345 e. The number of aromatic nitrogens is 1. The summed E-state index contributed by atoms with van der Waals surface area (Å²) in [6.45, 7) is 5.93. The molecule has 1 atom stereocenters. The molecule has 1 aromatic heterocycles. The van der Waals surface area contributed by atoms with Gasteiger partial charge in [-0.05, 0) is 20.8 Å². The Morgan fingerprint density at radius 1 is 1.62 bits per heavy atom. The van der Waals surface area contributed by atoms with Crippen molar-refractivity contribution in [2.24, 2.45) is 5.41 Å². The minimum absolute atomic E-state index is 0.110. The zero-order valence-electron chi connectivity index (χ0n) is 7.92. The topological polar surface area (TPSA) is 42.0 Å². The number of hydrogen-bond donors (Lipinski definition) is 1. The molecule has 0 spiro atoms. The van der Waals surface area contributed by atoms with Gasteiger partial charge in [-0.2, -0.15) is 0 Å². The summed E-state index contributed by atoms with van der Waals surface area (Å²) >= 11 is 1.65. The molecule has 1 aliphatic rings. The van der Waals surface area contributed by atoms with E-state index in [1.165, 1.54) is 4.88 Å². The van der Waals surface area contributed by atoms with Crippen LogP contribution in [0, 0.1) is 12.3 Å². The van der Waals surface area contributed by atoms with Crippen LogP contribution in [-0.4, -0.2) is 10.9 Å². The van der Waals surface area contributed by atoms with Crippen LogP contribution in [-0.2, 0) is 4.79 Å². The smallest absolute Gasteiger partial charge is 0.228 e. The highest BCUT2D eigenvalue weighted by atomic mass is 32.1. The van der Waals surface area contributed by atoms with E-state index < -0.39 is 0 Å². The number of hydrogen-bond acceptors (Lipinski definition) is 3. The molecular weight excluding hydrogens is 184 g/mol. The molecule has 2 heterocycles. The van der Waals surface area contributed by atoms with Gasteiger partial charge in [0.2, 0.25) is 5.91 Å². The molecule has 13 heavy (non-hydrogen) atoms. The summed E-state index contributed by atoms with van der Waals surface area (Å²) in [6.07, 6.45) is 1.85. The predicted molar refractivity (Wildman–Crippen MR) is 51.5 cm³/mol. The molecule has 0 aromatic carbocycles. The lowest BCUT2D eigenvalue weighted by molar-refractivity contribution is -0.143. The molecule has 1 aliphatic heterocycles. The van der Waals surface area contributed by atoms with Crippen molar-refractivity contribution < 1.29 is 4.79 Å². The fourth-order valence-electron chi connectivity index (χ4n) is 1.43. The molecule has 0 bridgehead atoms. The summed E-state index contributed by atoms with van der Waals surface area (Å²) < 4.78 is 0. The molecular formula is C9H12N2OS. The van der Waals surface area contributed by atoms with E-state index in [2.05, 4.69) is 10.3 Å². The van der Waals surface area contributed by atoms with Gasteiger partial charge in [-0.15, -0.1) is 11.3 Å². The number of rotatable bonds is 1. The van der Waals surface area contributed by atoms with Crippen molar-refractivity contribution >= 4 is 17.2 Å². The van der Waals surface area contributed by atoms with Crippen LogP contribution in [0.5, 0.6) is 0 Å². The van der Waals surface area contributed by atoms with E-state index in [0.29, 0.717) is 0 Å². The first-order chi connectivity index (χ1) is 6.01. The van der Waals surface area contributed by atoms with Gasteiger partial charge in [-0.25, -0.2) is 4.98 Å². The quantitative estimate of drug-likeness (QED) is 0.694. The van der Waals surface area contributed by atoms with Gasteiger partial charge < -0.3 is 5.32 Å². The Hall–Kier alpha value is -0.900. The Morgan fingerprint density at radius 3 is 2.69 bits per heavy atom. The van der Waals surface area contributed by atoms with Crippen molar-refractivity contribution in [1.29, 1.82) is 0 Å². The maximum Gasteiger partial charge on any atom is 0.228 e. The van der Waals surface area contributed by atoms with Crippen LogP contribution in [0.2, 0.25) is 0 Å². The van der Waals surface area contributed by atoms with Gasteiger partial charge in [-0.1, -0.05) is 0 Å². The number of nitrogens with zero attached hydrogens (tertiary/aromatic N) is 1. The molecule has 2 rings (SSSR count). The molecule has 1 N–H and O–H groups in total. The summed E-state index contributed by atoms with van der Waals surface area (Å²) in [5, 5.41) is 3.89. The summed E-state index contributed by atoms with van der Waals surface area (Å²) in [5.41, 5.74) is -0.287. The van der Waals surface area contributed by atoms with E-state index in [9.17, 15) is 4.79 Å². The number of carbonyl (C=O) groups is 1. The third-order valence-corrected chi connectivity index (χ3v) is 3.45. The normalized spacial score (nSPS) is 25.2. The van der Waals surface area contributed by atoms with Crippen molar-refractivity contribution in [3.05, 3.63) is 16.1 Å². The summed E-state index contributed by atoms with van der Waals surface area (Å²) in [6, 6.07) is 0.110. The first-order valence-corrected chi connectivity index (χ1v) is 5.07. The molecule has 1 aromatic rings. The van der Waals surface area contributed by atoms with E-state index in [1.54, 1.807) is 11.3 Å². The van der Waals surface area contributed by atoms with E-state index in [4.69, 9.17) is 0 Å². The van der Waals surface area contributed by atoms with Crippen LogP contribution in [0.25, 0.3) is 0 Å². The second kappa shape index (κ2) is 2.54. The van der Waals surface area contributed by atoms with Crippen LogP contribution < -0.4 is 5.32 Å². The predicted octanol–water partition coefficient (Wildman–Crippen LogP) is 1.65. The number of nitrogens with one attached hydrogen (secondary N) is 1. The van der Waals surface area contributed by atoms with Crippen LogP contribution in [0.3, 0.4) is 0 Å². The Morgan fingerprint density at radius 2 is 2.31 bits per heavy atom. The molecule has 3 nitrogen and oxygen atoms in total. The van der Waals surface area contributed by atoms with E-state index >= 15 is 0 Å². The van der Waals surface area contributed by atoms with Crippen molar-refractivity contribution in [3.63, 3.8) is 0 Å². The molecule has 0 radical (unpaired) electrons. The number of aryl methyl sites for hydroxylation is 1. The Kier molecular flexibility index (Phi) is 1.70. The maximum absolute atomic E-state index is 11.2. The van der Waals surface area contributed by atoms with Crippen molar-refractivity contribution in [2.75, 3.05) is 0 Å². The second-order valence-electron chi connectivity index (χ2n) is 3.94. The third kappa shape index (κ3) is 1.16. The van der Waals surface area contributed by atoms with Gasteiger partial charge >= 0.3 is 0 Å². The average molecular weight is 196 g/mol. The molecule has 1 fully saturated rings. The summed E-state index contributed by atoms with van der Waals surface area (Å²) in [4.78, 5) is 16.7. The number of thiazole rings is 1. The molecule has 0 aliphatic carbocycles. The Bertz CT molecular complexity index is 356. The van der Waals surface area contributed by atoms with E-state index in [-0.39, 0.29) is 17.4 Å². The van der Waals surface area contributed by atoms with Crippen LogP contribution in [0.1, 0.15) is 29.8 Å². The van der Waals surface area contributed by atoms with Gasteiger partial charge in [0, 0.05) is 11.1 Å². The number of amides is 1. The van der Waals surface area contributed by atoms with Crippen LogP contribution in [0.15, 0.2) is 6.20 Å². The molecule has 1 unspecified atom stereocenters. The lowest BCUT2D eigenvalue weighted by Crippen LogP contribution is -2.57. The van der Waals surface area contributed by atoms with Crippen molar-refractivity contribution in [2.45, 2.75) is 26.8 Å². The highest BCUT2D eigenvalue weighted by Gasteiger charge is 2.49. The third-order valence-electron chi connectivity index (χ3n) is 2.47. The van der Waals surface area contributed by atoms with Crippen LogP contribution >= 0.6 is 11.3 Å². The highest BCUT2D eigenvalue weighted by molar-refractivity contribution is 7.11. The van der Waals surface area contributed by atoms with E-state index in [1.807, 2.05) is 27.0 Å². The van der Waals surface area contributed by atoms with Crippen molar-refractivity contribution in [3.8, 4) is 0 Å². The van der Waals surface area contributed by atoms with Gasteiger partial charge in [0.15, 0.2) is 0 Å². The lowest BCUT2D eigenvalue weighted by Gasteiger charge is -2.42. The summed E-state index contributed by atoms with van der Waals surface area (Å²) in [7, 11) is 0. The fourth-order valence-corrected chi connectivity index (χ4v) is 2.44.